The standard InChI is InChI=1S/C18H26O4/c1-2-3-4-7-15(19)12-10-14-11-13-17(20)16(14)8-5-6-9-18(21)22/h3-4,10-16,19H,2,5-9H2,1H3,(H,21,22)/b4-3-,12-10+/t14-,15+,16-/m0/s1. The third-order valence-electron chi connectivity index (χ3n) is 3.80. The zero-order chi connectivity index (χ0) is 16.4. The molecule has 22 heavy (non-hydrogen) atoms. The van der Waals surface area contributed by atoms with Crippen molar-refractivity contribution >= 4 is 11.8 Å². The molecule has 2 N–H and O–H groups in total. The summed E-state index contributed by atoms with van der Waals surface area (Å²) < 4.78 is 0. The molecular formula is C18H26O4. The molecule has 0 amide bonds. The monoisotopic (exact) mass is 306 g/mol. The summed E-state index contributed by atoms with van der Waals surface area (Å²) in [4.78, 5) is 22.3. The Morgan fingerprint density at radius 1 is 1.36 bits per heavy atom. The minimum atomic E-state index is -0.796. The van der Waals surface area contributed by atoms with Crippen LogP contribution in [-0.4, -0.2) is 28.1 Å². The average molecular weight is 306 g/mol. The highest BCUT2D eigenvalue weighted by atomic mass is 16.4. The van der Waals surface area contributed by atoms with E-state index in [1.54, 1.807) is 12.2 Å². The summed E-state index contributed by atoms with van der Waals surface area (Å²) >= 11 is 0. The third kappa shape index (κ3) is 6.85. The number of carbonyl (C=O) groups excluding carboxylic acids is 1. The van der Waals surface area contributed by atoms with E-state index in [9.17, 15) is 14.7 Å². The second-order valence-electron chi connectivity index (χ2n) is 5.65. The molecule has 0 unspecified atom stereocenters. The van der Waals surface area contributed by atoms with E-state index in [0.717, 1.165) is 12.8 Å². The summed E-state index contributed by atoms with van der Waals surface area (Å²) in [5.74, 6) is -0.786. The van der Waals surface area contributed by atoms with Crippen LogP contribution in [0.15, 0.2) is 36.5 Å². The maximum Gasteiger partial charge on any atom is 0.303 e. The van der Waals surface area contributed by atoms with Gasteiger partial charge in [0.25, 0.3) is 0 Å². The van der Waals surface area contributed by atoms with E-state index < -0.39 is 12.1 Å². The molecule has 0 radical (unpaired) electrons. The molecule has 0 aromatic rings. The quantitative estimate of drug-likeness (QED) is 0.480. The molecular weight excluding hydrogens is 280 g/mol. The summed E-state index contributed by atoms with van der Waals surface area (Å²) in [5.41, 5.74) is 0. The van der Waals surface area contributed by atoms with Crippen molar-refractivity contribution in [2.45, 2.75) is 51.6 Å². The van der Waals surface area contributed by atoms with Gasteiger partial charge in [-0.1, -0.05) is 43.7 Å². The molecule has 4 nitrogen and oxygen atoms in total. The molecule has 0 bridgehead atoms. The molecule has 0 aromatic heterocycles. The molecule has 1 aliphatic rings. The fourth-order valence-electron chi connectivity index (χ4n) is 2.56. The van der Waals surface area contributed by atoms with Crippen LogP contribution >= 0.6 is 0 Å². The van der Waals surface area contributed by atoms with Gasteiger partial charge >= 0.3 is 5.97 Å². The summed E-state index contributed by atoms with van der Waals surface area (Å²) in [7, 11) is 0. The van der Waals surface area contributed by atoms with Crippen LogP contribution < -0.4 is 0 Å². The van der Waals surface area contributed by atoms with Crippen LogP contribution in [0.1, 0.15) is 45.4 Å². The summed E-state index contributed by atoms with van der Waals surface area (Å²) in [5, 5.41) is 18.5. The van der Waals surface area contributed by atoms with Crippen molar-refractivity contribution in [3.63, 3.8) is 0 Å². The van der Waals surface area contributed by atoms with Gasteiger partial charge in [-0.2, -0.15) is 0 Å². The molecule has 0 saturated carbocycles. The highest BCUT2D eigenvalue weighted by Crippen LogP contribution is 2.28. The largest absolute Gasteiger partial charge is 0.481 e. The van der Waals surface area contributed by atoms with E-state index >= 15 is 0 Å². The van der Waals surface area contributed by atoms with E-state index in [0.29, 0.717) is 19.3 Å². The zero-order valence-electron chi connectivity index (χ0n) is 13.1. The van der Waals surface area contributed by atoms with Gasteiger partial charge in [0, 0.05) is 18.3 Å². The Labute approximate surface area is 132 Å². The van der Waals surface area contributed by atoms with Gasteiger partial charge in [0.15, 0.2) is 5.78 Å². The van der Waals surface area contributed by atoms with Crippen LogP contribution in [0.4, 0.5) is 0 Å². The highest BCUT2D eigenvalue weighted by Gasteiger charge is 2.27. The number of aliphatic hydroxyl groups excluding tert-OH is 1. The smallest absolute Gasteiger partial charge is 0.303 e. The zero-order valence-corrected chi connectivity index (χ0v) is 13.1. The topological polar surface area (TPSA) is 74.6 Å². The van der Waals surface area contributed by atoms with Gasteiger partial charge in [0.05, 0.1) is 6.10 Å². The number of carboxylic acids is 1. The Balaban J connectivity index is 2.43. The molecule has 1 aliphatic carbocycles. The lowest BCUT2D eigenvalue weighted by Gasteiger charge is -2.15. The maximum absolute atomic E-state index is 11.9. The first-order valence-electron chi connectivity index (χ1n) is 7.99. The number of carbonyl (C=O) groups is 2. The second kappa shape index (κ2) is 10.1. The maximum atomic E-state index is 11.9. The van der Waals surface area contributed by atoms with Gasteiger partial charge in [0.1, 0.15) is 0 Å². The predicted molar refractivity (Wildman–Crippen MR) is 86.4 cm³/mol. The van der Waals surface area contributed by atoms with Gasteiger partial charge in [-0.05, 0) is 31.8 Å². The number of unbranched alkanes of at least 4 members (excludes halogenated alkanes) is 1. The van der Waals surface area contributed by atoms with Gasteiger partial charge < -0.3 is 10.2 Å². The molecule has 0 aromatic carbocycles. The summed E-state index contributed by atoms with van der Waals surface area (Å²) in [6.07, 6.45) is 14.3. The number of ketones is 1. The molecule has 0 spiro atoms. The Hall–Kier alpha value is -1.68. The van der Waals surface area contributed by atoms with Crippen LogP contribution in [-0.2, 0) is 9.59 Å². The van der Waals surface area contributed by atoms with Crippen molar-refractivity contribution in [3.05, 3.63) is 36.5 Å². The Morgan fingerprint density at radius 2 is 2.14 bits per heavy atom. The van der Waals surface area contributed by atoms with E-state index in [1.165, 1.54) is 0 Å². The van der Waals surface area contributed by atoms with Crippen LogP contribution in [0, 0.1) is 11.8 Å². The lowest BCUT2D eigenvalue weighted by atomic mass is 9.89. The molecule has 1 rings (SSSR count). The Morgan fingerprint density at radius 3 is 2.82 bits per heavy atom. The Bertz CT molecular complexity index is 448. The molecule has 122 valence electrons. The van der Waals surface area contributed by atoms with Crippen LogP contribution in [0.25, 0.3) is 0 Å². The number of carboxylic acid groups (broad SMARTS) is 1. The van der Waals surface area contributed by atoms with E-state index in [1.807, 2.05) is 31.2 Å². The van der Waals surface area contributed by atoms with Gasteiger partial charge in [-0.15, -0.1) is 0 Å². The second-order valence-corrected chi connectivity index (χ2v) is 5.65. The van der Waals surface area contributed by atoms with Crippen molar-refractivity contribution in [2.75, 3.05) is 0 Å². The lowest BCUT2D eigenvalue weighted by Crippen LogP contribution is -2.15. The minimum Gasteiger partial charge on any atom is -0.481 e. The lowest BCUT2D eigenvalue weighted by molar-refractivity contribution is -0.137. The fourth-order valence-corrected chi connectivity index (χ4v) is 2.56. The number of hydrogen-bond donors (Lipinski definition) is 2. The number of aliphatic hydroxyl groups is 1. The van der Waals surface area contributed by atoms with E-state index in [-0.39, 0.29) is 24.0 Å². The fraction of sp³-hybridized carbons (Fsp3) is 0.556. The van der Waals surface area contributed by atoms with Crippen LogP contribution in [0.3, 0.4) is 0 Å². The van der Waals surface area contributed by atoms with Gasteiger partial charge in [0.2, 0.25) is 0 Å². The molecule has 0 aliphatic heterocycles. The first-order valence-corrected chi connectivity index (χ1v) is 7.99. The first kappa shape index (κ1) is 18.4. The molecule has 0 heterocycles. The van der Waals surface area contributed by atoms with Crippen molar-refractivity contribution < 1.29 is 19.8 Å². The van der Waals surface area contributed by atoms with Crippen LogP contribution in [0.2, 0.25) is 0 Å². The summed E-state index contributed by atoms with van der Waals surface area (Å²) in [6.45, 7) is 2.04. The van der Waals surface area contributed by atoms with Crippen molar-refractivity contribution in [1.29, 1.82) is 0 Å². The first-order chi connectivity index (χ1) is 10.5. The van der Waals surface area contributed by atoms with Crippen molar-refractivity contribution in [3.8, 4) is 0 Å². The predicted octanol–water partition coefficient (Wildman–Crippen LogP) is 3.28. The third-order valence-corrected chi connectivity index (χ3v) is 3.80. The van der Waals surface area contributed by atoms with Gasteiger partial charge in [-0.25, -0.2) is 0 Å². The van der Waals surface area contributed by atoms with Crippen molar-refractivity contribution in [2.24, 2.45) is 11.8 Å². The number of allylic oxidation sites excluding steroid dienone is 4. The normalized spacial score (nSPS) is 22.9. The minimum absolute atomic E-state index is 0.0159. The number of aliphatic carboxylic acids is 1. The molecule has 4 heteroatoms. The molecule has 0 saturated heterocycles. The van der Waals surface area contributed by atoms with E-state index in [2.05, 4.69) is 0 Å². The average Bonchev–Trinajstić information content (AvgIpc) is 2.82. The van der Waals surface area contributed by atoms with E-state index in [4.69, 9.17) is 5.11 Å². The number of hydrogen-bond acceptors (Lipinski definition) is 3. The number of rotatable bonds is 10. The summed E-state index contributed by atoms with van der Waals surface area (Å²) in [6, 6.07) is 0. The SMILES string of the molecule is CC/C=C\C[C@@H](O)/C=C/[C@H]1C=CC(=O)[C@H]1CCCCC(=O)O. The van der Waals surface area contributed by atoms with Gasteiger partial charge in [-0.3, -0.25) is 9.59 Å². The highest BCUT2D eigenvalue weighted by molar-refractivity contribution is 5.94. The van der Waals surface area contributed by atoms with Crippen molar-refractivity contribution in [1.82, 2.24) is 0 Å². The van der Waals surface area contributed by atoms with Crippen LogP contribution in [0.5, 0.6) is 0 Å². The molecule has 3 atom stereocenters. The Kier molecular flexibility index (Phi) is 8.44. The molecule has 0 fully saturated rings.